The Labute approximate surface area is 154 Å². The molecule has 130 valence electrons. The SMILES string of the molecule is O=S(=O)(NCc1ccnc(-c2ccncc2)c1)c1cccc2nsnc12. The number of hydrogen-bond donors (Lipinski definition) is 1. The first-order chi connectivity index (χ1) is 12.6. The molecule has 1 aromatic carbocycles. The summed E-state index contributed by atoms with van der Waals surface area (Å²) >= 11 is 0.992. The Morgan fingerprint density at radius 1 is 1.00 bits per heavy atom. The maximum absolute atomic E-state index is 12.7. The summed E-state index contributed by atoms with van der Waals surface area (Å²) in [6.07, 6.45) is 5.04. The Hall–Kier alpha value is -2.75. The number of rotatable bonds is 5. The van der Waals surface area contributed by atoms with Gasteiger partial charge in [-0.3, -0.25) is 9.97 Å². The van der Waals surface area contributed by atoms with Crippen LogP contribution in [0.5, 0.6) is 0 Å². The summed E-state index contributed by atoms with van der Waals surface area (Å²) in [5.74, 6) is 0. The maximum atomic E-state index is 12.7. The van der Waals surface area contributed by atoms with Crippen molar-refractivity contribution in [1.82, 2.24) is 23.4 Å². The molecule has 0 saturated carbocycles. The molecule has 3 heterocycles. The third-order valence-electron chi connectivity index (χ3n) is 3.81. The molecule has 7 nitrogen and oxygen atoms in total. The van der Waals surface area contributed by atoms with E-state index in [0.29, 0.717) is 11.0 Å². The van der Waals surface area contributed by atoms with Crippen LogP contribution in [0.1, 0.15) is 5.56 Å². The molecule has 0 fully saturated rings. The van der Waals surface area contributed by atoms with Crippen molar-refractivity contribution in [3.63, 3.8) is 0 Å². The predicted molar refractivity (Wildman–Crippen MR) is 98.9 cm³/mol. The molecule has 0 bridgehead atoms. The lowest BCUT2D eigenvalue weighted by molar-refractivity contribution is 0.582. The molecular formula is C17H13N5O2S2. The molecule has 26 heavy (non-hydrogen) atoms. The van der Waals surface area contributed by atoms with Crippen LogP contribution in [0, 0.1) is 0 Å². The third kappa shape index (κ3) is 3.32. The van der Waals surface area contributed by atoms with Crippen molar-refractivity contribution in [3.8, 4) is 11.3 Å². The Balaban J connectivity index is 1.58. The first kappa shape index (κ1) is 16.7. The Bertz CT molecular complexity index is 1160. The number of pyridine rings is 2. The molecule has 9 heteroatoms. The van der Waals surface area contributed by atoms with Crippen molar-refractivity contribution in [2.24, 2.45) is 0 Å². The van der Waals surface area contributed by atoms with Crippen LogP contribution < -0.4 is 4.72 Å². The van der Waals surface area contributed by atoms with Gasteiger partial charge >= 0.3 is 0 Å². The minimum atomic E-state index is -3.71. The Morgan fingerprint density at radius 2 is 1.85 bits per heavy atom. The summed E-state index contributed by atoms with van der Waals surface area (Å²) < 4.78 is 36.1. The van der Waals surface area contributed by atoms with Gasteiger partial charge in [-0.1, -0.05) is 6.07 Å². The van der Waals surface area contributed by atoms with E-state index in [1.54, 1.807) is 36.8 Å². The molecular weight excluding hydrogens is 370 g/mol. The van der Waals surface area contributed by atoms with Crippen molar-refractivity contribution in [2.75, 3.05) is 0 Å². The van der Waals surface area contributed by atoms with Gasteiger partial charge in [0.2, 0.25) is 10.0 Å². The van der Waals surface area contributed by atoms with Gasteiger partial charge in [0, 0.05) is 30.7 Å². The zero-order valence-electron chi connectivity index (χ0n) is 13.4. The Morgan fingerprint density at radius 3 is 2.69 bits per heavy atom. The molecule has 0 radical (unpaired) electrons. The summed E-state index contributed by atoms with van der Waals surface area (Å²) in [5.41, 5.74) is 3.44. The van der Waals surface area contributed by atoms with Crippen molar-refractivity contribution < 1.29 is 8.42 Å². The van der Waals surface area contributed by atoms with Gasteiger partial charge in [0.15, 0.2) is 0 Å². The molecule has 4 rings (SSSR count). The van der Waals surface area contributed by atoms with E-state index in [0.717, 1.165) is 28.5 Å². The van der Waals surface area contributed by atoms with E-state index < -0.39 is 10.0 Å². The number of fused-ring (bicyclic) bond motifs is 1. The molecule has 0 aliphatic carbocycles. The number of hydrogen-bond acceptors (Lipinski definition) is 7. The van der Waals surface area contributed by atoms with E-state index in [2.05, 4.69) is 23.4 Å². The van der Waals surface area contributed by atoms with Crippen LogP contribution in [-0.2, 0) is 16.6 Å². The molecule has 4 aromatic rings. The van der Waals surface area contributed by atoms with Crippen molar-refractivity contribution in [3.05, 3.63) is 66.6 Å². The number of aromatic nitrogens is 4. The predicted octanol–water partition coefficient (Wildman–Crippen LogP) is 2.63. The molecule has 0 amide bonds. The topological polar surface area (TPSA) is 97.7 Å². The summed E-state index contributed by atoms with van der Waals surface area (Å²) in [5, 5.41) is 0. The van der Waals surface area contributed by atoms with Crippen LogP contribution in [0.25, 0.3) is 22.3 Å². The van der Waals surface area contributed by atoms with Crippen LogP contribution in [0.15, 0.2) is 66.0 Å². The van der Waals surface area contributed by atoms with Gasteiger partial charge in [-0.15, -0.1) is 0 Å². The molecule has 0 aliphatic rings. The number of sulfonamides is 1. The lowest BCUT2D eigenvalue weighted by atomic mass is 10.1. The summed E-state index contributed by atoms with van der Waals surface area (Å²) in [6, 6.07) is 12.3. The zero-order valence-corrected chi connectivity index (χ0v) is 15.0. The van der Waals surface area contributed by atoms with Crippen molar-refractivity contribution in [2.45, 2.75) is 11.4 Å². The smallest absolute Gasteiger partial charge is 0.243 e. The van der Waals surface area contributed by atoms with Crippen LogP contribution in [0.2, 0.25) is 0 Å². The normalized spacial score (nSPS) is 11.7. The van der Waals surface area contributed by atoms with Crippen LogP contribution in [-0.4, -0.2) is 27.1 Å². The fraction of sp³-hybridized carbons (Fsp3) is 0.0588. The van der Waals surface area contributed by atoms with Gasteiger partial charge < -0.3 is 0 Å². The number of nitrogens with one attached hydrogen (secondary N) is 1. The molecule has 0 atom stereocenters. The van der Waals surface area contributed by atoms with E-state index >= 15 is 0 Å². The molecule has 0 aliphatic heterocycles. The van der Waals surface area contributed by atoms with E-state index in [4.69, 9.17) is 0 Å². The summed E-state index contributed by atoms with van der Waals surface area (Å²) in [6.45, 7) is 0.150. The Kier molecular flexibility index (Phi) is 4.41. The molecule has 0 unspecified atom stereocenters. The first-order valence-corrected chi connectivity index (χ1v) is 9.91. The highest BCUT2D eigenvalue weighted by molar-refractivity contribution is 7.89. The van der Waals surface area contributed by atoms with Crippen LogP contribution >= 0.6 is 11.7 Å². The minimum absolute atomic E-state index is 0.132. The number of benzene rings is 1. The lowest BCUT2D eigenvalue weighted by Gasteiger charge is -2.08. The average molecular weight is 383 g/mol. The quantitative estimate of drug-likeness (QED) is 0.569. The van der Waals surface area contributed by atoms with E-state index in [1.165, 1.54) is 6.07 Å². The van der Waals surface area contributed by atoms with Gasteiger partial charge in [0.1, 0.15) is 15.9 Å². The summed E-state index contributed by atoms with van der Waals surface area (Å²) in [7, 11) is -3.71. The van der Waals surface area contributed by atoms with Crippen molar-refractivity contribution >= 4 is 32.8 Å². The van der Waals surface area contributed by atoms with Gasteiger partial charge in [0.05, 0.1) is 17.4 Å². The third-order valence-corrected chi connectivity index (χ3v) is 5.78. The van der Waals surface area contributed by atoms with E-state index in [-0.39, 0.29) is 11.4 Å². The van der Waals surface area contributed by atoms with E-state index in [9.17, 15) is 8.42 Å². The minimum Gasteiger partial charge on any atom is -0.265 e. The van der Waals surface area contributed by atoms with Gasteiger partial charge in [0.25, 0.3) is 0 Å². The van der Waals surface area contributed by atoms with Gasteiger partial charge in [-0.05, 0) is 42.0 Å². The highest BCUT2D eigenvalue weighted by Gasteiger charge is 2.19. The maximum Gasteiger partial charge on any atom is 0.243 e. The van der Waals surface area contributed by atoms with Gasteiger partial charge in [-0.2, -0.15) is 8.75 Å². The van der Waals surface area contributed by atoms with Gasteiger partial charge in [-0.25, -0.2) is 13.1 Å². The number of nitrogens with zero attached hydrogens (tertiary/aromatic N) is 4. The molecule has 1 N–H and O–H groups in total. The lowest BCUT2D eigenvalue weighted by Crippen LogP contribution is -2.23. The second-order valence-corrected chi connectivity index (χ2v) is 7.76. The molecule has 3 aromatic heterocycles. The molecule has 0 saturated heterocycles. The highest BCUT2D eigenvalue weighted by Crippen LogP contribution is 2.21. The second kappa shape index (κ2) is 6.87. The zero-order chi connectivity index (χ0) is 18.0. The fourth-order valence-corrected chi connectivity index (χ4v) is 4.30. The average Bonchev–Trinajstić information content (AvgIpc) is 3.16. The van der Waals surface area contributed by atoms with Crippen LogP contribution in [0.4, 0.5) is 0 Å². The molecule has 0 spiro atoms. The first-order valence-electron chi connectivity index (χ1n) is 7.70. The monoisotopic (exact) mass is 383 g/mol. The summed E-state index contributed by atoms with van der Waals surface area (Å²) in [4.78, 5) is 8.44. The van der Waals surface area contributed by atoms with Crippen LogP contribution in [0.3, 0.4) is 0 Å². The van der Waals surface area contributed by atoms with Crippen molar-refractivity contribution in [1.29, 1.82) is 0 Å². The van der Waals surface area contributed by atoms with E-state index in [1.807, 2.05) is 18.2 Å². The standard InChI is InChI=1S/C17H13N5O2S2/c23-26(24,16-3-1-2-14-17(16)22-25-21-14)20-11-12-4-9-19-15(10-12)13-5-7-18-8-6-13/h1-10,20H,11H2. The second-order valence-electron chi connectivity index (χ2n) is 5.50. The highest BCUT2D eigenvalue weighted by atomic mass is 32.2. The fourth-order valence-electron chi connectivity index (χ4n) is 2.52. The largest absolute Gasteiger partial charge is 0.265 e.